The maximum absolute atomic E-state index is 5.10. The minimum absolute atomic E-state index is 0.731. The lowest BCUT2D eigenvalue weighted by atomic mass is 10.5. The summed E-state index contributed by atoms with van der Waals surface area (Å²) in [6, 6.07) is 0. The molecule has 1 rings (SSSR count). The highest BCUT2D eigenvalue weighted by Gasteiger charge is 2.08. The van der Waals surface area contributed by atoms with E-state index in [-0.39, 0.29) is 0 Å². The summed E-state index contributed by atoms with van der Waals surface area (Å²) in [5.41, 5.74) is 0. The van der Waals surface area contributed by atoms with Crippen molar-refractivity contribution in [2.75, 3.05) is 52.0 Å². The third-order valence-corrected chi connectivity index (χ3v) is 3.60. The first-order valence-electron chi connectivity index (χ1n) is 6.20. The van der Waals surface area contributed by atoms with E-state index >= 15 is 0 Å². The largest absolute Gasteiger partial charge is 0.383 e. The Bertz CT molecular complexity index is 320. The molecule has 6 heteroatoms. The quantitative estimate of drug-likeness (QED) is 0.652. The van der Waals surface area contributed by atoms with Crippen molar-refractivity contribution in [2.45, 2.75) is 13.5 Å². The monoisotopic (exact) mass is 273 g/mol. The number of methoxy groups -OCH3 is 2. The summed E-state index contributed by atoms with van der Waals surface area (Å²) in [6.07, 6.45) is 1.94. The fraction of sp³-hybridized carbons (Fsp3) is 0.750. The van der Waals surface area contributed by atoms with Gasteiger partial charge < -0.3 is 19.7 Å². The van der Waals surface area contributed by atoms with Crippen LogP contribution in [-0.2, 0) is 16.0 Å². The summed E-state index contributed by atoms with van der Waals surface area (Å²) in [5.74, 6) is 0. The van der Waals surface area contributed by atoms with Gasteiger partial charge in [0.25, 0.3) is 0 Å². The van der Waals surface area contributed by atoms with Crippen LogP contribution in [0, 0.1) is 0 Å². The van der Waals surface area contributed by atoms with E-state index in [2.05, 4.69) is 22.1 Å². The van der Waals surface area contributed by atoms with Crippen molar-refractivity contribution in [1.29, 1.82) is 0 Å². The zero-order valence-electron chi connectivity index (χ0n) is 11.4. The minimum Gasteiger partial charge on any atom is -0.383 e. The number of likely N-dealkylation sites (N-methyl/N-ethyl adjacent to an activating group) is 1. The van der Waals surface area contributed by atoms with Crippen LogP contribution in [-0.4, -0.2) is 52.1 Å². The van der Waals surface area contributed by atoms with Crippen molar-refractivity contribution < 1.29 is 9.47 Å². The number of nitrogens with one attached hydrogen (secondary N) is 1. The van der Waals surface area contributed by atoms with Crippen LogP contribution in [0.2, 0.25) is 0 Å². The summed E-state index contributed by atoms with van der Waals surface area (Å²) in [4.78, 5) is 7.93. The van der Waals surface area contributed by atoms with E-state index in [0.29, 0.717) is 0 Å². The summed E-state index contributed by atoms with van der Waals surface area (Å²) >= 11 is 1.73. The van der Waals surface area contributed by atoms with E-state index in [1.165, 1.54) is 4.88 Å². The van der Waals surface area contributed by atoms with Crippen LogP contribution in [0.15, 0.2) is 6.20 Å². The second-order valence-corrected chi connectivity index (χ2v) is 4.94. The van der Waals surface area contributed by atoms with Crippen LogP contribution in [0.5, 0.6) is 0 Å². The highest BCUT2D eigenvalue weighted by molar-refractivity contribution is 7.15. The van der Waals surface area contributed by atoms with Gasteiger partial charge in [-0.3, -0.25) is 0 Å². The molecular formula is C12H23N3O2S. The molecule has 0 spiro atoms. The van der Waals surface area contributed by atoms with Crippen LogP contribution in [0.3, 0.4) is 0 Å². The number of anilines is 1. The third kappa shape index (κ3) is 5.30. The van der Waals surface area contributed by atoms with Crippen LogP contribution >= 0.6 is 11.3 Å². The standard InChI is InChI=1S/C12H23N3O2S/c1-4-15(6-8-17-3)12-14-10-11(18-12)9-13-5-7-16-2/h10,13H,4-9H2,1-3H3. The first-order valence-corrected chi connectivity index (χ1v) is 7.01. The fourth-order valence-electron chi connectivity index (χ4n) is 1.50. The van der Waals surface area contributed by atoms with Gasteiger partial charge in [-0.15, -0.1) is 11.3 Å². The Balaban J connectivity index is 2.40. The third-order valence-electron chi connectivity index (χ3n) is 2.54. The Morgan fingerprint density at radius 1 is 1.33 bits per heavy atom. The molecule has 0 aliphatic rings. The van der Waals surface area contributed by atoms with Crippen molar-refractivity contribution in [3.8, 4) is 0 Å². The highest BCUT2D eigenvalue weighted by atomic mass is 32.1. The predicted molar refractivity (Wildman–Crippen MR) is 75.5 cm³/mol. The molecule has 0 radical (unpaired) electrons. The van der Waals surface area contributed by atoms with Crippen molar-refractivity contribution in [2.24, 2.45) is 0 Å². The first kappa shape index (κ1) is 15.4. The van der Waals surface area contributed by atoms with Crippen molar-refractivity contribution in [3.05, 3.63) is 11.1 Å². The lowest BCUT2D eigenvalue weighted by molar-refractivity contribution is 0.199. The van der Waals surface area contributed by atoms with Crippen molar-refractivity contribution >= 4 is 16.5 Å². The van der Waals surface area contributed by atoms with Crippen LogP contribution in [0.1, 0.15) is 11.8 Å². The maximum atomic E-state index is 5.10. The Labute approximate surface area is 113 Å². The molecule has 0 aromatic carbocycles. The first-order chi connectivity index (χ1) is 8.81. The molecule has 18 heavy (non-hydrogen) atoms. The number of hydrogen-bond acceptors (Lipinski definition) is 6. The second-order valence-electron chi connectivity index (χ2n) is 3.85. The zero-order valence-corrected chi connectivity index (χ0v) is 12.3. The Morgan fingerprint density at radius 2 is 2.11 bits per heavy atom. The molecule has 1 aromatic heterocycles. The number of hydrogen-bond donors (Lipinski definition) is 1. The molecule has 1 aromatic rings. The number of nitrogens with zero attached hydrogens (tertiary/aromatic N) is 2. The smallest absolute Gasteiger partial charge is 0.185 e. The average Bonchev–Trinajstić information content (AvgIpc) is 2.84. The summed E-state index contributed by atoms with van der Waals surface area (Å²) < 4.78 is 10.1. The Morgan fingerprint density at radius 3 is 2.78 bits per heavy atom. The van der Waals surface area contributed by atoms with Gasteiger partial charge in [-0.1, -0.05) is 0 Å². The van der Waals surface area contributed by atoms with Gasteiger partial charge in [-0.25, -0.2) is 4.98 Å². The second kappa shape index (κ2) is 9.27. The Kier molecular flexibility index (Phi) is 7.91. The number of ether oxygens (including phenoxy) is 2. The maximum Gasteiger partial charge on any atom is 0.185 e. The van der Waals surface area contributed by atoms with Crippen molar-refractivity contribution in [3.63, 3.8) is 0 Å². The molecule has 1 N–H and O–H groups in total. The topological polar surface area (TPSA) is 46.6 Å². The van der Waals surface area contributed by atoms with Gasteiger partial charge >= 0.3 is 0 Å². The van der Waals surface area contributed by atoms with E-state index in [9.17, 15) is 0 Å². The summed E-state index contributed by atoms with van der Waals surface area (Å²) in [6.45, 7) is 7.15. The molecule has 5 nitrogen and oxygen atoms in total. The molecule has 0 aliphatic carbocycles. The molecule has 0 unspecified atom stereocenters. The van der Waals surface area contributed by atoms with E-state index in [1.807, 2.05) is 6.20 Å². The molecule has 104 valence electrons. The molecular weight excluding hydrogens is 250 g/mol. The number of rotatable bonds is 10. The van der Waals surface area contributed by atoms with Gasteiger partial charge in [0.2, 0.25) is 0 Å². The van der Waals surface area contributed by atoms with Crippen LogP contribution in [0.25, 0.3) is 0 Å². The molecule has 0 atom stereocenters. The lowest BCUT2D eigenvalue weighted by Gasteiger charge is -2.18. The highest BCUT2D eigenvalue weighted by Crippen LogP contribution is 2.21. The normalized spacial score (nSPS) is 10.8. The molecule has 0 bridgehead atoms. The molecule has 0 amide bonds. The van der Waals surface area contributed by atoms with Gasteiger partial charge in [0, 0.05) is 51.5 Å². The summed E-state index contributed by atoms with van der Waals surface area (Å²) in [7, 11) is 3.43. The van der Waals surface area contributed by atoms with Gasteiger partial charge in [0.15, 0.2) is 5.13 Å². The van der Waals surface area contributed by atoms with E-state index in [0.717, 1.165) is 44.5 Å². The lowest BCUT2D eigenvalue weighted by Crippen LogP contribution is -2.26. The number of thiazole rings is 1. The average molecular weight is 273 g/mol. The van der Waals surface area contributed by atoms with Gasteiger partial charge in [-0.05, 0) is 6.92 Å². The molecule has 0 aliphatic heterocycles. The summed E-state index contributed by atoms with van der Waals surface area (Å²) in [5, 5.41) is 4.39. The fourth-order valence-corrected chi connectivity index (χ4v) is 2.47. The molecule has 0 saturated heterocycles. The van der Waals surface area contributed by atoms with Crippen LogP contribution in [0.4, 0.5) is 5.13 Å². The Hall–Kier alpha value is -0.690. The predicted octanol–water partition coefficient (Wildman–Crippen LogP) is 1.35. The van der Waals surface area contributed by atoms with Crippen LogP contribution < -0.4 is 10.2 Å². The molecule has 1 heterocycles. The zero-order chi connectivity index (χ0) is 13.2. The number of aromatic nitrogens is 1. The SMILES string of the molecule is CCN(CCOC)c1ncc(CNCCOC)s1. The minimum atomic E-state index is 0.731. The van der Waals surface area contributed by atoms with Crippen molar-refractivity contribution in [1.82, 2.24) is 10.3 Å². The van der Waals surface area contributed by atoms with E-state index in [4.69, 9.17) is 9.47 Å². The molecule has 0 fully saturated rings. The van der Waals surface area contributed by atoms with Gasteiger partial charge in [-0.2, -0.15) is 0 Å². The molecule has 0 saturated carbocycles. The van der Waals surface area contributed by atoms with Gasteiger partial charge in [0.05, 0.1) is 13.2 Å². The van der Waals surface area contributed by atoms with Gasteiger partial charge in [0.1, 0.15) is 0 Å². The van der Waals surface area contributed by atoms with E-state index < -0.39 is 0 Å². The van der Waals surface area contributed by atoms with E-state index in [1.54, 1.807) is 25.6 Å².